The summed E-state index contributed by atoms with van der Waals surface area (Å²) in [5.74, 6) is 0.691. The first-order valence-corrected chi connectivity index (χ1v) is 6.04. The molecule has 15 heavy (non-hydrogen) atoms. The zero-order chi connectivity index (χ0) is 11.3. The van der Waals surface area contributed by atoms with Gasteiger partial charge in [-0.15, -0.1) is 0 Å². The normalized spacial score (nSPS) is 11.7. The van der Waals surface area contributed by atoms with Crippen LogP contribution in [0.4, 0.5) is 18.3 Å². The topological polar surface area (TPSA) is 37.8 Å². The first-order chi connectivity index (χ1) is 7.01. The Labute approximate surface area is 93.6 Å². The quantitative estimate of drug-likeness (QED) is 0.823. The number of nitrogens with zero attached hydrogens (tertiary/aromatic N) is 2. The highest BCUT2D eigenvalue weighted by atomic mass is 32.2. The highest BCUT2D eigenvalue weighted by Gasteiger charge is 2.27. The molecule has 1 rings (SSSR count). The molecule has 0 fully saturated rings. The van der Waals surface area contributed by atoms with Crippen LogP contribution in [0.5, 0.6) is 0 Å². The number of aryl methyl sites for hydroxylation is 1. The van der Waals surface area contributed by atoms with Crippen LogP contribution in [0.25, 0.3) is 0 Å². The number of alkyl halides is 3. The first-order valence-electron chi connectivity index (χ1n) is 4.28. The summed E-state index contributed by atoms with van der Waals surface area (Å²) in [7, 11) is 0. The van der Waals surface area contributed by atoms with Crippen LogP contribution >= 0.6 is 23.3 Å². The molecule has 0 spiro atoms. The number of rotatable bonds is 5. The molecule has 0 amide bonds. The lowest BCUT2D eigenvalue weighted by atomic mass is 10.5. The second-order valence-corrected chi connectivity index (χ2v) is 4.50. The molecule has 0 atom stereocenters. The lowest BCUT2D eigenvalue weighted by Gasteiger charge is -2.05. The molecule has 0 aromatic carbocycles. The van der Waals surface area contributed by atoms with E-state index >= 15 is 0 Å². The van der Waals surface area contributed by atoms with Crippen LogP contribution in [0.3, 0.4) is 0 Å². The maximum Gasteiger partial charge on any atom is 0.441 e. The molecule has 1 N–H and O–H groups in total. The van der Waals surface area contributed by atoms with E-state index in [1.807, 2.05) is 6.92 Å². The molecule has 86 valence electrons. The molecule has 0 aliphatic carbocycles. The largest absolute Gasteiger partial charge is 0.441 e. The summed E-state index contributed by atoms with van der Waals surface area (Å²) in [4.78, 5) is 4.07. The Bertz CT molecular complexity index is 300. The first kappa shape index (κ1) is 12.6. The highest BCUT2D eigenvalue weighted by Crippen LogP contribution is 2.29. The van der Waals surface area contributed by atoms with Gasteiger partial charge in [-0.1, -0.05) is 6.92 Å². The zero-order valence-electron chi connectivity index (χ0n) is 7.97. The highest BCUT2D eigenvalue weighted by molar-refractivity contribution is 8.00. The average Bonchev–Trinajstić information content (AvgIpc) is 2.59. The molecule has 0 saturated heterocycles. The Morgan fingerprint density at radius 2 is 2.20 bits per heavy atom. The van der Waals surface area contributed by atoms with Crippen molar-refractivity contribution in [1.82, 2.24) is 9.36 Å². The van der Waals surface area contributed by atoms with Crippen LogP contribution in [0.1, 0.15) is 12.7 Å². The van der Waals surface area contributed by atoms with Gasteiger partial charge in [-0.2, -0.15) is 17.5 Å². The van der Waals surface area contributed by atoms with Crippen molar-refractivity contribution in [3.63, 3.8) is 0 Å². The van der Waals surface area contributed by atoms with Gasteiger partial charge >= 0.3 is 5.51 Å². The molecule has 0 aliphatic rings. The van der Waals surface area contributed by atoms with E-state index in [0.717, 1.165) is 6.42 Å². The van der Waals surface area contributed by atoms with Gasteiger partial charge in [0.05, 0.1) is 0 Å². The predicted molar refractivity (Wildman–Crippen MR) is 56.3 cm³/mol. The Morgan fingerprint density at radius 3 is 2.73 bits per heavy atom. The fourth-order valence-corrected chi connectivity index (χ4v) is 1.90. The summed E-state index contributed by atoms with van der Waals surface area (Å²) in [6.45, 7) is 2.16. The Morgan fingerprint density at radius 1 is 1.47 bits per heavy atom. The van der Waals surface area contributed by atoms with Crippen molar-refractivity contribution in [3.8, 4) is 0 Å². The van der Waals surface area contributed by atoms with Crippen molar-refractivity contribution in [2.45, 2.75) is 18.9 Å². The van der Waals surface area contributed by atoms with Gasteiger partial charge in [0, 0.05) is 30.3 Å². The van der Waals surface area contributed by atoms with E-state index in [2.05, 4.69) is 14.7 Å². The molecule has 0 saturated carbocycles. The third-order valence-electron chi connectivity index (χ3n) is 1.43. The Hall–Kier alpha value is -0.500. The van der Waals surface area contributed by atoms with Gasteiger partial charge in [0.2, 0.25) is 5.13 Å². The molecule has 0 bridgehead atoms. The van der Waals surface area contributed by atoms with Crippen molar-refractivity contribution < 1.29 is 13.2 Å². The van der Waals surface area contributed by atoms with Crippen LogP contribution in [0, 0.1) is 0 Å². The standard InChI is InChI=1S/C7H10F3N3S2/c1-2-5-12-6(15-13-5)11-3-4-14-7(8,9)10/h2-4H2,1H3,(H,11,12,13). The second-order valence-electron chi connectivity index (χ2n) is 2.59. The molecule has 1 heterocycles. The van der Waals surface area contributed by atoms with Gasteiger partial charge in [0.1, 0.15) is 5.82 Å². The predicted octanol–water partition coefficient (Wildman–Crippen LogP) is 2.77. The summed E-state index contributed by atoms with van der Waals surface area (Å²) in [6, 6.07) is 0. The number of nitrogens with one attached hydrogen (secondary N) is 1. The average molecular weight is 257 g/mol. The summed E-state index contributed by atoms with van der Waals surface area (Å²) in [6.07, 6.45) is 0.732. The Kier molecular flexibility index (Phi) is 4.65. The van der Waals surface area contributed by atoms with Gasteiger partial charge in [-0.25, -0.2) is 4.98 Å². The third-order valence-corrected chi connectivity index (χ3v) is 2.87. The molecule has 0 aliphatic heterocycles. The van der Waals surface area contributed by atoms with E-state index in [0.29, 0.717) is 11.0 Å². The van der Waals surface area contributed by atoms with Gasteiger partial charge in [0.15, 0.2) is 0 Å². The summed E-state index contributed by atoms with van der Waals surface area (Å²) in [5.41, 5.74) is -4.16. The monoisotopic (exact) mass is 257 g/mol. The number of thioether (sulfide) groups is 1. The smallest absolute Gasteiger partial charge is 0.359 e. The minimum absolute atomic E-state index is 0.0233. The molecule has 3 nitrogen and oxygen atoms in total. The SMILES string of the molecule is CCc1nsc(NCCSC(F)(F)F)n1. The van der Waals surface area contributed by atoms with Crippen LogP contribution in [-0.4, -0.2) is 27.2 Å². The Balaban J connectivity index is 2.20. The maximum absolute atomic E-state index is 11.7. The van der Waals surface area contributed by atoms with E-state index in [1.54, 1.807) is 0 Å². The van der Waals surface area contributed by atoms with E-state index in [1.165, 1.54) is 11.5 Å². The number of halogens is 3. The van der Waals surface area contributed by atoms with Gasteiger partial charge in [0.25, 0.3) is 0 Å². The van der Waals surface area contributed by atoms with Crippen molar-refractivity contribution in [2.24, 2.45) is 0 Å². The van der Waals surface area contributed by atoms with Gasteiger partial charge in [-0.05, 0) is 11.8 Å². The lowest BCUT2D eigenvalue weighted by Crippen LogP contribution is -2.09. The maximum atomic E-state index is 11.7. The lowest BCUT2D eigenvalue weighted by molar-refractivity contribution is -0.0327. The number of anilines is 1. The van der Waals surface area contributed by atoms with Crippen LogP contribution in [-0.2, 0) is 6.42 Å². The molecule has 1 aromatic rings. The van der Waals surface area contributed by atoms with E-state index in [9.17, 15) is 13.2 Å². The van der Waals surface area contributed by atoms with Gasteiger partial charge in [-0.3, -0.25) is 0 Å². The number of hydrogen-bond donors (Lipinski definition) is 1. The van der Waals surface area contributed by atoms with E-state index < -0.39 is 5.51 Å². The van der Waals surface area contributed by atoms with E-state index in [-0.39, 0.29) is 24.1 Å². The van der Waals surface area contributed by atoms with Crippen LogP contribution in [0.2, 0.25) is 0 Å². The summed E-state index contributed by atoms with van der Waals surface area (Å²) in [5, 5.41) is 3.37. The molecule has 0 radical (unpaired) electrons. The minimum Gasteiger partial charge on any atom is -0.359 e. The molecular weight excluding hydrogens is 247 g/mol. The van der Waals surface area contributed by atoms with Crippen molar-refractivity contribution in [2.75, 3.05) is 17.6 Å². The van der Waals surface area contributed by atoms with Crippen molar-refractivity contribution in [3.05, 3.63) is 5.82 Å². The van der Waals surface area contributed by atoms with E-state index in [4.69, 9.17) is 0 Å². The van der Waals surface area contributed by atoms with Crippen LogP contribution in [0.15, 0.2) is 0 Å². The zero-order valence-corrected chi connectivity index (χ0v) is 9.60. The third kappa shape index (κ3) is 5.22. The fourth-order valence-electron chi connectivity index (χ4n) is 0.794. The number of hydrogen-bond acceptors (Lipinski definition) is 5. The summed E-state index contributed by atoms with van der Waals surface area (Å²) >= 11 is 1.13. The second kappa shape index (κ2) is 5.55. The summed E-state index contributed by atoms with van der Waals surface area (Å²) < 4.78 is 39.3. The molecule has 8 heteroatoms. The van der Waals surface area contributed by atoms with Crippen LogP contribution < -0.4 is 5.32 Å². The van der Waals surface area contributed by atoms with Crippen molar-refractivity contribution >= 4 is 28.4 Å². The fraction of sp³-hybridized carbons (Fsp3) is 0.714. The molecular formula is C7H10F3N3S2. The van der Waals surface area contributed by atoms with Gasteiger partial charge < -0.3 is 5.32 Å². The number of aromatic nitrogens is 2. The molecule has 0 unspecified atom stereocenters. The minimum atomic E-state index is -4.16. The molecule has 1 aromatic heterocycles. The van der Waals surface area contributed by atoms with Crippen molar-refractivity contribution in [1.29, 1.82) is 0 Å².